The number of aryl methyl sites for hydroxylation is 3. The molecule has 0 amide bonds. The van der Waals surface area contributed by atoms with E-state index < -0.39 is 0 Å². The Morgan fingerprint density at radius 2 is 0.903 bits per heavy atom. The van der Waals surface area contributed by atoms with Gasteiger partial charge in [0.1, 0.15) is 0 Å². The number of rotatable bonds is 1. The average molecular weight is 403 g/mol. The molecule has 0 unspecified atom stereocenters. The van der Waals surface area contributed by atoms with Gasteiger partial charge in [0.25, 0.3) is 0 Å². The second-order valence-electron chi connectivity index (χ2n) is 7.63. The molecule has 0 fully saturated rings. The van der Waals surface area contributed by atoms with Crippen LogP contribution in [0.4, 0.5) is 0 Å². The van der Waals surface area contributed by atoms with Crippen LogP contribution in [-0.2, 0) is 0 Å². The molecular weight excluding hydrogens is 372 g/mol. The summed E-state index contributed by atoms with van der Waals surface area (Å²) in [6, 6.07) is 44.0. The minimum Gasteiger partial charge on any atom is -0.0622 e. The average Bonchev–Trinajstić information content (AvgIpc) is 2.82. The van der Waals surface area contributed by atoms with E-state index in [2.05, 4.69) is 124 Å². The van der Waals surface area contributed by atoms with Crippen molar-refractivity contribution in [3.63, 3.8) is 0 Å². The lowest BCUT2D eigenvalue weighted by molar-refractivity contribution is 1.46. The summed E-state index contributed by atoms with van der Waals surface area (Å²) >= 11 is 0. The molecule has 0 saturated carbocycles. The molecule has 5 aromatic carbocycles. The molecule has 0 bridgehead atoms. The van der Waals surface area contributed by atoms with Gasteiger partial charge in [0, 0.05) is 0 Å². The van der Waals surface area contributed by atoms with Crippen LogP contribution in [0.1, 0.15) is 16.7 Å². The molecule has 0 aromatic heterocycles. The third-order valence-electron chi connectivity index (χ3n) is 5.18. The lowest BCUT2D eigenvalue weighted by Crippen LogP contribution is -1.80. The van der Waals surface area contributed by atoms with Crippen molar-refractivity contribution in [2.24, 2.45) is 0 Å². The highest BCUT2D eigenvalue weighted by Crippen LogP contribution is 2.22. The maximum Gasteiger partial charge on any atom is -0.0155 e. The van der Waals surface area contributed by atoms with Crippen molar-refractivity contribution in [1.29, 1.82) is 0 Å². The highest BCUT2D eigenvalue weighted by atomic mass is 14.0. The highest BCUT2D eigenvalue weighted by Gasteiger charge is 1.97. The normalized spacial score (nSPS) is 9.77. The number of hydrogen-bond donors (Lipinski definition) is 0. The van der Waals surface area contributed by atoms with Gasteiger partial charge in [-0.1, -0.05) is 133 Å². The highest BCUT2D eigenvalue weighted by molar-refractivity contribution is 5.85. The first-order valence-corrected chi connectivity index (χ1v) is 10.7. The van der Waals surface area contributed by atoms with E-state index in [0.29, 0.717) is 0 Å². The fourth-order valence-electron chi connectivity index (χ4n) is 3.44. The first kappa shape index (κ1) is 22.1. The molecule has 0 radical (unpaired) electrons. The Balaban J connectivity index is 0.000000138. The third kappa shape index (κ3) is 6.69. The Bertz CT molecular complexity index is 1180. The maximum atomic E-state index is 2.16. The first-order valence-electron chi connectivity index (χ1n) is 10.7. The van der Waals surface area contributed by atoms with E-state index in [1.54, 1.807) is 0 Å². The second kappa shape index (κ2) is 11.5. The molecule has 0 N–H and O–H groups in total. The zero-order valence-electron chi connectivity index (χ0n) is 18.6. The van der Waals surface area contributed by atoms with Gasteiger partial charge >= 0.3 is 0 Å². The quantitative estimate of drug-likeness (QED) is 0.263. The molecule has 0 heterocycles. The predicted octanol–water partition coefficient (Wildman–Crippen LogP) is 8.81. The SMILES string of the molecule is Cc1cccc2ccccc12.Cc1ccccc1.Cc1ccccc1-c1ccccc1. The van der Waals surface area contributed by atoms with Gasteiger partial charge in [0.05, 0.1) is 0 Å². The number of benzene rings is 5. The molecule has 0 aliphatic rings. The van der Waals surface area contributed by atoms with Crippen molar-refractivity contribution < 1.29 is 0 Å². The molecule has 0 aliphatic heterocycles. The topological polar surface area (TPSA) is 0 Å². The lowest BCUT2D eigenvalue weighted by atomic mass is 10.0. The van der Waals surface area contributed by atoms with Crippen molar-refractivity contribution in [3.05, 3.63) is 144 Å². The maximum absolute atomic E-state index is 2.16. The van der Waals surface area contributed by atoms with Crippen molar-refractivity contribution in [3.8, 4) is 11.1 Å². The van der Waals surface area contributed by atoms with E-state index in [1.807, 2.05) is 24.3 Å². The zero-order valence-corrected chi connectivity index (χ0v) is 18.6. The van der Waals surface area contributed by atoms with Crippen molar-refractivity contribution in [2.45, 2.75) is 20.8 Å². The molecule has 0 saturated heterocycles. The van der Waals surface area contributed by atoms with Gasteiger partial charge in [-0.3, -0.25) is 0 Å². The first-order chi connectivity index (χ1) is 15.1. The Hall–Kier alpha value is -3.64. The molecule has 5 aromatic rings. The van der Waals surface area contributed by atoms with E-state index in [4.69, 9.17) is 0 Å². The monoisotopic (exact) mass is 402 g/mol. The molecule has 5 rings (SSSR count). The summed E-state index contributed by atoms with van der Waals surface area (Å²) < 4.78 is 0. The Morgan fingerprint density at radius 3 is 1.52 bits per heavy atom. The van der Waals surface area contributed by atoms with E-state index in [-0.39, 0.29) is 0 Å². The van der Waals surface area contributed by atoms with Crippen LogP contribution in [0.5, 0.6) is 0 Å². The molecule has 0 aliphatic carbocycles. The van der Waals surface area contributed by atoms with Gasteiger partial charge in [-0.05, 0) is 53.8 Å². The van der Waals surface area contributed by atoms with Crippen LogP contribution in [0.15, 0.2) is 127 Å². The summed E-state index contributed by atoms with van der Waals surface area (Å²) in [6.07, 6.45) is 0. The number of hydrogen-bond acceptors (Lipinski definition) is 0. The van der Waals surface area contributed by atoms with Gasteiger partial charge in [-0.2, -0.15) is 0 Å². The van der Waals surface area contributed by atoms with Crippen molar-refractivity contribution >= 4 is 10.8 Å². The molecule has 0 nitrogen and oxygen atoms in total. The van der Waals surface area contributed by atoms with Crippen LogP contribution < -0.4 is 0 Å². The summed E-state index contributed by atoms with van der Waals surface area (Å²) in [5.74, 6) is 0. The largest absolute Gasteiger partial charge is 0.0622 e. The van der Waals surface area contributed by atoms with Crippen LogP contribution in [0, 0.1) is 20.8 Å². The van der Waals surface area contributed by atoms with E-state index in [9.17, 15) is 0 Å². The Morgan fingerprint density at radius 1 is 0.387 bits per heavy atom. The van der Waals surface area contributed by atoms with Gasteiger partial charge in [0.2, 0.25) is 0 Å². The molecular formula is C31H30. The fraction of sp³-hybridized carbons (Fsp3) is 0.0968. The number of fused-ring (bicyclic) bond motifs is 1. The zero-order chi connectivity index (χ0) is 21.9. The van der Waals surface area contributed by atoms with Gasteiger partial charge < -0.3 is 0 Å². The Labute approximate surface area is 186 Å². The molecule has 0 spiro atoms. The summed E-state index contributed by atoms with van der Waals surface area (Å²) in [5, 5.41) is 2.68. The summed E-state index contributed by atoms with van der Waals surface area (Å²) in [7, 11) is 0. The third-order valence-corrected chi connectivity index (χ3v) is 5.18. The summed E-state index contributed by atoms with van der Waals surface area (Å²) in [6.45, 7) is 6.37. The smallest absolute Gasteiger partial charge is 0.0155 e. The predicted molar refractivity (Wildman–Crippen MR) is 136 cm³/mol. The van der Waals surface area contributed by atoms with Gasteiger partial charge in [0.15, 0.2) is 0 Å². The molecule has 0 atom stereocenters. The molecule has 154 valence electrons. The van der Waals surface area contributed by atoms with Crippen LogP contribution >= 0.6 is 0 Å². The van der Waals surface area contributed by atoms with Gasteiger partial charge in [-0.25, -0.2) is 0 Å². The van der Waals surface area contributed by atoms with E-state index >= 15 is 0 Å². The minimum atomic E-state index is 1.29. The standard InChI is InChI=1S/C13H12.C11H10.C7H8/c1-11-7-5-6-10-13(11)12-8-3-2-4-9-12;1-9-5-4-7-10-6-2-3-8-11(9)10;1-7-5-3-2-4-6-7/h2-10H,1H3;2-8H,1H3;2-6H,1H3. The summed E-state index contributed by atoms with van der Waals surface area (Å²) in [4.78, 5) is 0. The minimum absolute atomic E-state index is 1.29. The van der Waals surface area contributed by atoms with Gasteiger partial charge in [-0.15, -0.1) is 0 Å². The van der Waals surface area contributed by atoms with Crippen molar-refractivity contribution in [1.82, 2.24) is 0 Å². The van der Waals surface area contributed by atoms with Crippen molar-refractivity contribution in [2.75, 3.05) is 0 Å². The van der Waals surface area contributed by atoms with Crippen LogP contribution in [-0.4, -0.2) is 0 Å². The van der Waals surface area contributed by atoms with Crippen LogP contribution in [0.25, 0.3) is 21.9 Å². The summed E-state index contributed by atoms with van der Waals surface area (Å²) in [5.41, 5.74) is 6.61. The molecule has 0 heteroatoms. The van der Waals surface area contributed by atoms with E-state index in [1.165, 1.54) is 38.6 Å². The van der Waals surface area contributed by atoms with Crippen LogP contribution in [0.3, 0.4) is 0 Å². The Kier molecular flexibility index (Phi) is 8.20. The van der Waals surface area contributed by atoms with E-state index in [0.717, 1.165) is 0 Å². The second-order valence-corrected chi connectivity index (χ2v) is 7.63. The lowest BCUT2D eigenvalue weighted by Gasteiger charge is -2.04. The fourth-order valence-corrected chi connectivity index (χ4v) is 3.44. The van der Waals surface area contributed by atoms with Crippen LogP contribution in [0.2, 0.25) is 0 Å². The molecule has 31 heavy (non-hydrogen) atoms.